The zero-order valence-corrected chi connectivity index (χ0v) is 18.2. The number of hydrogen-bond acceptors (Lipinski definition) is 3. The molecule has 3 amide bonds. The number of hydrogen-bond donors (Lipinski definition) is 3. The molecule has 30 heavy (non-hydrogen) atoms. The standard InChI is InChI=1S/C23H33N3O4/c1-22(2,3)23(12-5-4-6-13-23)26-15-18(25-21(26)30)16-7-9-17(10-8-16)20(29)24-14-11-19(27)28/h7-10,18H,4-6,11-15H2,1-3H3,(H,24,29)(H,25,30)(H,27,28). The molecule has 164 valence electrons. The summed E-state index contributed by atoms with van der Waals surface area (Å²) < 4.78 is 0. The molecule has 7 nitrogen and oxygen atoms in total. The minimum atomic E-state index is -0.946. The highest BCUT2D eigenvalue weighted by atomic mass is 16.4. The zero-order chi connectivity index (χ0) is 21.9. The van der Waals surface area contributed by atoms with E-state index in [1.54, 1.807) is 12.1 Å². The summed E-state index contributed by atoms with van der Waals surface area (Å²) >= 11 is 0. The van der Waals surface area contributed by atoms with Crippen molar-refractivity contribution in [1.29, 1.82) is 0 Å². The van der Waals surface area contributed by atoms with Crippen molar-refractivity contribution < 1.29 is 19.5 Å². The third-order valence-corrected chi connectivity index (χ3v) is 6.70. The summed E-state index contributed by atoms with van der Waals surface area (Å²) in [6.07, 6.45) is 5.49. The van der Waals surface area contributed by atoms with E-state index in [0.29, 0.717) is 12.1 Å². The van der Waals surface area contributed by atoms with Gasteiger partial charge in [0.05, 0.1) is 12.5 Å². The number of aliphatic carboxylic acids is 1. The Balaban J connectivity index is 1.70. The molecule has 0 radical (unpaired) electrons. The summed E-state index contributed by atoms with van der Waals surface area (Å²) in [6, 6.07) is 7.06. The SMILES string of the molecule is CC(C)(C)C1(N2CC(c3ccc(C(=O)NCCC(=O)O)cc3)NC2=O)CCCCC1. The third kappa shape index (κ3) is 4.45. The van der Waals surface area contributed by atoms with E-state index in [1.807, 2.05) is 12.1 Å². The normalized spacial score (nSPS) is 21.2. The smallest absolute Gasteiger partial charge is 0.318 e. The summed E-state index contributed by atoms with van der Waals surface area (Å²) in [6.45, 7) is 7.42. The molecule has 1 heterocycles. The predicted octanol–water partition coefficient (Wildman–Crippen LogP) is 3.71. The number of carboxylic acid groups (broad SMARTS) is 1. The Bertz CT molecular complexity index is 792. The first kappa shape index (κ1) is 22.1. The molecule has 2 aliphatic rings. The van der Waals surface area contributed by atoms with E-state index in [9.17, 15) is 14.4 Å². The number of carboxylic acids is 1. The molecule has 0 bridgehead atoms. The van der Waals surface area contributed by atoms with E-state index in [0.717, 1.165) is 31.2 Å². The summed E-state index contributed by atoms with van der Waals surface area (Å²) in [5.41, 5.74) is 1.31. The number of nitrogens with zero attached hydrogens (tertiary/aromatic N) is 1. The second-order valence-electron chi connectivity index (χ2n) is 9.48. The number of rotatable bonds is 6. The molecule has 1 unspecified atom stereocenters. The van der Waals surface area contributed by atoms with E-state index >= 15 is 0 Å². The Hall–Kier alpha value is -2.57. The van der Waals surface area contributed by atoms with Crippen LogP contribution in [0.25, 0.3) is 0 Å². The molecule has 1 saturated carbocycles. The largest absolute Gasteiger partial charge is 0.481 e. The van der Waals surface area contributed by atoms with Crippen LogP contribution in [0.1, 0.15) is 81.3 Å². The molecular formula is C23H33N3O4. The van der Waals surface area contributed by atoms with Crippen LogP contribution in [-0.4, -0.2) is 46.5 Å². The van der Waals surface area contributed by atoms with Crippen molar-refractivity contribution in [2.24, 2.45) is 5.41 Å². The van der Waals surface area contributed by atoms with E-state index < -0.39 is 5.97 Å². The van der Waals surface area contributed by atoms with Crippen LogP contribution in [0.2, 0.25) is 0 Å². The second kappa shape index (κ2) is 8.66. The van der Waals surface area contributed by atoms with Crippen molar-refractivity contribution in [2.75, 3.05) is 13.1 Å². The van der Waals surface area contributed by atoms with Gasteiger partial charge in [-0.05, 0) is 36.0 Å². The van der Waals surface area contributed by atoms with Gasteiger partial charge in [-0.15, -0.1) is 0 Å². The minimum Gasteiger partial charge on any atom is -0.481 e. The van der Waals surface area contributed by atoms with E-state index in [4.69, 9.17) is 5.11 Å². The van der Waals surface area contributed by atoms with Crippen molar-refractivity contribution >= 4 is 17.9 Å². The Morgan fingerprint density at radius 3 is 2.37 bits per heavy atom. The maximum Gasteiger partial charge on any atom is 0.318 e. The van der Waals surface area contributed by atoms with Gasteiger partial charge in [-0.3, -0.25) is 9.59 Å². The maximum absolute atomic E-state index is 13.0. The Morgan fingerprint density at radius 2 is 1.80 bits per heavy atom. The highest BCUT2D eigenvalue weighted by molar-refractivity contribution is 5.94. The molecule has 2 fully saturated rings. The lowest BCUT2D eigenvalue weighted by Crippen LogP contribution is -2.59. The molecule has 7 heteroatoms. The number of carbonyl (C=O) groups excluding carboxylic acids is 2. The van der Waals surface area contributed by atoms with Gasteiger partial charge < -0.3 is 20.6 Å². The molecule has 1 atom stereocenters. The number of amides is 3. The lowest BCUT2D eigenvalue weighted by atomic mass is 9.64. The van der Waals surface area contributed by atoms with Gasteiger partial charge in [0.25, 0.3) is 5.91 Å². The lowest BCUT2D eigenvalue weighted by molar-refractivity contribution is -0.136. The van der Waals surface area contributed by atoms with Crippen LogP contribution in [-0.2, 0) is 4.79 Å². The molecule has 1 saturated heterocycles. The van der Waals surface area contributed by atoms with Gasteiger partial charge >= 0.3 is 12.0 Å². The Kier molecular flexibility index (Phi) is 6.38. The van der Waals surface area contributed by atoms with E-state index in [2.05, 4.69) is 36.3 Å². The van der Waals surface area contributed by atoms with Gasteiger partial charge in [-0.25, -0.2) is 4.79 Å². The first-order valence-corrected chi connectivity index (χ1v) is 10.8. The molecule has 0 spiro atoms. The van der Waals surface area contributed by atoms with Gasteiger partial charge in [-0.2, -0.15) is 0 Å². The number of urea groups is 1. The fraction of sp³-hybridized carbons (Fsp3) is 0.609. The summed E-state index contributed by atoms with van der Waals surface area (Å²) in [4.78, 5) is 37.7. The fourth-order valence-electron chi connectivity index (χ4n) is 4.91. The van der Waals surface area contributed by atoms with Crippen LogP contribution >= 0.6 is 0 Å². The summed E-state index contributed by atoms with van der Waals surface area (Å²) in [5.74, 6) is -1.24. The van der Waals surface area contributed by atoms with Gasteiger partial charge in [-0.1, -0.05) is 52.2 Å². The molecule has 3 N–H and O–H groups in total. The van der Waals surface area contributed by atoms with E-state index in [1.165, 1.54) is 6.42 Å². The van der Waals surface area contributed by atoms with Crippen LogP contribution in [0, 0.1) is 5.41 Å². The van der Waals surface area contributed by atoms with Crippen LogP contribution < -0.4 is 10.6 Å². The van der Waals surface area contributed by atoms with Crippen LogP contribution in [0.15, 0.2) is 24.3 Å². The van der Waals surface area contributed by atoms with Gasteiger partial charge in [0.2, 0.25) is 0 Å². The monoisotopic (exact) mass is 415 g/mol. The lowest BCUT2D eigenvalue weighted by Gasteiger charge is -2.52. The molecule has 1 aromatic rings. The average Bonchev–Trinajstić information content (AvgIpc) is 3.09. The number of benzene rings is 1. The van der Waals surface area contributed by atoms with E-state index in [-0.39, 0.29) is 41.9 Å². The average molecular weight is 416 g/mol. The second-order valence-corrected chi connectivity index (χ2v) is 9.48. The molecule has 1 aliphatic carbocycles. The van der Waals surface area contributed by atoms with Gasteiger partial charge in [0, 0.05) is 24.2 Å². The topological polar surface area (TPSA) is 98.7 Å². The predicted molar refractivity (Wildman–Crippen MR) is 114 cm³/mol. The first-order chi connectivity index (χ1) is 14.1. The molecule has 3 rings (SSSR count). The minimum absolute atomic E-state index is 0.00243. The van der Waals surface area contributed by atoms with Crippen LogP contribution in [0.4, 0.5) is 4.79 Å². The maximum atomic E-state index is 13.0. The molecule has 1 aliphatic heterocycles. The molecule has 1 aromatic carbocycles. The number of carbonyl (C=O) groups is 3. The zero-order valence-electron chi connectivity index (χ0n) is 18.2. The Morgan fingerprint density at radius 1 is 1.17 bits per heavy atom. The molecular weight excluding hydrogens is 382 g/mol. The summed E-state index contributed by atoms with van der Waals surface area (Å²) in [7, 11) is 0. The van der Waals surface area contributed by atoms with Crippen molar-refractivity contribution in [1.82, 2.24) is 15.5 Å². The number of nitrogens with one attached hydrogen (secondary N) is 2. The van der Waals surface area contributed by atoms with Gasteiger partial charge in [0.1, 0.15) is 0 Å². The fourth-order valence-corrected chi connectivity index (χ4v) is 4.91. The molecule has 0 aromatic heterocycles. The quantitative estimate of drug-likeness (QED) is 0.660. The van der Waals surface area contributed by atoms with Gasteiger partial charge in [0.15, 0.2) is 0 Å². The van der Waals surface area contributed by atoms with Crippen molar-refractivity contribution in [2.45, 2.75) is 70.9 Å². The highest BCUT2D eigenvalue weighted by Gasteiger charge is 2.51. The van der Waals surface area contributed by atoms with Crippen LogP contribution in [0.3, 0.4) is 0 Å². The summed E-state index contributed by atoms with van der Waals surface area (Å²) in [5, 5.41) is 14.4. The highest BCUT2D eigenvalue weighted by Crippen LogP contribution is 2.48. The van der Waals surface area contributed by atoms with Crippen molar-refractivity contribution in [3.05, 3.63) is 35.4 Å². The van der Waals surface area contributed by atoms with Crippen molar-refractivity contribution in [3.63, 3.8) is 0 Å². The third-order valence-electron chi connectivity index (χ3n) is 6.70. The van der Waals surface area contributed by atoms with Crippen molar-refractivity contribution in [3.8, 4) is 0 Å². The Labute approximate surface area is 178 Å². The first-order valence-electron chi connectivity index (χ1n) is 10.8. The van der Waals surface area contributed by atoms with Crippen LogP contribution in [0.5, 0.6) is 0 Å².